The summed E-state index contributed by atoms with van der Waals surface area (Å²) in [6.07, 6.45) is 2.03. The molecule has 0 radical (unpaired) electrons. The summed E-state index contributed by atoms with van der Waals surface area (Å²) < 4.78 is 0. The third-order valence-corrected chi connectivity index (χ3v) is 4.69. The van der Waals surface area contributed by atoms with Crippen LogP contribution in [-0.4, -0.2) is 10.8 Å². The number of rotatable bonds is 4. The maximum Gasteiger partial charge on any atom is 0.273 e. The number of nitrogens with zero attached hydrogens (tertiary/aromatic N) is 1. The first-order valence-electron chi connectivity index (χ1n) is 8.19. The van der Waals surface area contributed by atoms with E-state index in [0.717, 1.165) is 23.9 Å². The summed E-state index contributed by atoms with van der Waals surface area (Å²) in [5, 5.41) is 16.3. The number of amides is 1. The molecule has 0 unspecified atom stereocenters. The van der Waals surface area contributed by atoms with Crippen LogP contribution in [0.25, 0.3) is 10.8 Å². The topological polar surface area (TPSA) is 72.2 Å². The Morgan fingerprint density at radius 1 is 1.00 bits per heavy atom. The Hall–Kier alpha value is -3.21. The zero-order chi connectivity index (χ0) is 17.4. The minimum Gasteiger partial charge on any atom is -0.325 e. The van der Waals surface area contributed by atoms with Crippen LogP contribution in [0.3, 0.4) is 0 Å². The average Bonchev–Trinajstić information content (AvgIpc) is 3.02. The van der Waals surface area contributed by atoms with Crippen molar-refractivity contribution in [2.75, 3.05) is 5.32 Å². The summed E-state index contributed by atoms with van der Waals surface area (Å²) in [6.45, 7) is 0. The molecule has 1 N–H and O–H groups in total. The summed E-state index contributed by atoms with van der Waals surface area (Å²) in [6, 6.07) is 16.4. The lowest BCUT2D eigenvalue weighted by atomic mass is 10.0. The van der Waals surface area contributed by atoms with Gasteiger partial charge in [-0.05, 0) is 35.4 Å². The summed E-state index contributed by atoms with van der Waals surface area (Å²) >= 11 is 0. The molecule has 0 aromatic heterocycles. The van der Waals surface area contributed by atoms with Crippen molar-refractivity contribution in [3.63, 3.8) is 0 Å². The molecule has 0 atom stereocenters. The molecule has 3 aromatic carbocycles. The molecule has 0 bridgehead atoms. The third kappa shape index (κ3) is 2.74. The Bertz CT molecular complexity index is 1000. The lowest BCUT2D eigenvalue weighted by molar-refractivity contribution is -0.385. The predicted octanol–water partition coefficient (Wildman–Crippen LogP) is 4.03. The molecule has 1 aliphatic rings. The summed E-state index contributed by atoms with van der Waals surface area (Å²) in [5.74, 6) is -0.256. The van der Waals surface area contributed by atoms with Gasteiger partial charge >= 0.3 is 0 Å². The van der Waals surface area contributed by atoms with Gasteiger partial charge in [-0.25, -0.2) is 0 Å². The second kappa shape index (κ2) is 6.02. The number of carbonyl (C=O) groups is 1. The number of hydrogen-bond acceptors (Lipinski definition) is 3. The molecular formula is C20H16N2O3. The van der Waals surface area contributed by atoms with E-state index < -0.39 is 4.92 Å². The second-order valence-corrected chi connectivity index (χ2v) is 6.22. The zero-order valence-corrected chi connectivity index (χ0v) is 13.5. The normalized spacial score (nSPS) is 12.3. The minimum atomic E-state index is -0.457. The van der Waals surface area contributed by atoms with Crippen LogP contribution in [0.4, 0.5) is 11.4 Å². The molecule has 3 aromatic rings. The Morgan fingerprint density at radius 3 is 2.56 bits per heavy atom. The van der Waals surface area contributed by atoms with Gasteiger partial charge in [0.2, 0.25) is 5.91 Å². The quantitative estimate of drug-likeness (QED) is 0.579. The first-order valence-corrected chi connectivity index (χ1v) is 8.19. The number of nitro groups is 1. The minimum absolute atomic E-state index is 0.0277. The number of carbonyl (C=O) groups excluding carboxylic acids is 1. The van der Waals surface area contributed by atoms with Crippen molar-refractivity contribution in [1.82, 2.24) is 0 Å². The Kier molecular flexibility index (Phi) is 3.69. The van der Waals surface area contributed by atoms with Gasteiger partial charge in [-0.1, -0.05) is 42.5 Å². The fourth-order valence-corrected chi connectivity index (χ4v) is 3.56. The van der Waals surface area contributed by atoms with E-state index in [0.29, 0.717) is 5.56 Å². The standard InChI is InChI=1S/C20H16N2O3/c23-19(12-15-4-1-2-7-18(15)22(24)25)21-17-11-10-14-9-8-13-5-3-6-16(17)20(13)14/h1-7,10-11H,8-9,12H2,(H,21,23). The maximum atomic E-state index is 12.5. The van der Waals surface area contributed by atoms with Crippen molar-refractivity contribution in [1.29, 1.82) is 0 Å². The van der Waals surface area contributed by atoms with E-state index in [1.807, 2.05) is 18.2 Å². The van der Waals surface area contributed by atoms with Crippen molar-refractivity contribution in [3.05, 3.63) is 81.4 Å². The van der Waals surface area contributed by atoms with Gasteiger partial charge in [-0.15, -0.1) is 0 Å². The molecule has 5 nitrogen and oxygen atoms in total. The van der Waals surface area contributed by atoms with Gasteiger partial charge in [0.15, 0.2) is 0 Å². The van der Waals surface area contributed by atoms with Crippen LogP contribution in [0.15, 0.2) is 54.6 Å². The molecule has 0 saturated carbocycles. The van der Waals surface area contributed by atoms with E-state index in [1.54, 1.807) is 18.2 Å². The second-order valence-electron chi connectivity index (χ2n) is 6.22. The number of para-hydroxylation sites is 1. The van der Waals surface area contributed by atoms with Gasteiger partial charge in [0.25, 0.3) is 5.69 Å². The van der Waals surface area contributed by atoms with Crippen molar-refractivity contribution in [3.8, 4) is 0 Å². The number of nitro benzene ring substituents is 1. The summed E-state index contributed by atoms with van der Waals surface area (Å²) in [5.41, 5.74) is 3.75. The highest BCUT2D eigenvalue weighted by Gasteiger charge is 2.18. The average molecular weight is 332 g/mol. The molecular weight excluding hydrogens is 316 g/mol. The Labute approximate surface area is 144 Å². The smallest absolute Gasteiger partial charge is 0.273 e. The van der Waals surface area contributed by atoms with Gasteiger partial charge in [-0.3, -0.25) is 14.9 Å². The highest BCUT2D eigenvalue weighted by atomic mass is 16.6. The maximum absolute atomic E-state index is 12.5. The molecule has 0 spiro atoms. The largest absolute Gasteiger partial charge is 0.325 e. The van der Waals surface area contributed by atoms with Gasteiger partial charge in [-0.2, -0.15) is 0 Å². The van der Waals surface area contributed by atoms with Crippen molar-refractivity contribution in [2.45, 2.75) is 19.3 Å². The molecule has 0 fully saturated rings. The van der Waals surface area contributed by atoms with Crippen LogP contribution < -0.4 is 5.32 Å². The van der Waals surface area contributed by atoms with Crippen LogP contribution in [-0.2, 0) is 24.1 Å². The van der Waals surface area contributed by atoms with Crippen LogP contribution in [0.1, 0.15) is 16.7 Å². The number of aryl methyl sites for hydroxylation is 2. The van der Waals surface area contributed by atoms with E-state index >= 15 is 0 Å². The molecule has 4 rings (SSSR count). The first-order chi connectivity index (χ1) is 12.1. The molecule has 25 heavy (non-hydrogen) atoms. The summed E-state index contributed by atoms with van der Waals surface area (Å²) in [4.78, 5) is 23.1. The molecule has 0 aliphatic heterocycles. The Balaban J connectivity index is 1.63. The fraction of sp³-hybridized carbons (Fsp3) is 0.150. The number of hydrogen-bond donors (Lipinski definition) is 1. The molecule has 5 heteroatoms. The van der Waals surface area contributed by atoms with Gasteiger partial charge in [0.05, 0.1) is 11.3 Å². The van der Waals surface area contributed by atoms with E-state index in [-0.39, 0.29) is 18.0 Å². The monoisotopic (exact) mass is 332 g/mol. The Morgan fingerprint density at radius 2 is 1.76 bits per heavy atom. The van der Waals surface area contributed by atoms with Gasteiger partial charge < -0.3 is 5.32 Å². The van der Waals surface area contributed by atoms with E-state index in [2.05, 4.69) is 17.4 Å². The van der Waals surface area contributed by atoms with Crippen LogP contribution in [0, 0.1) is 10.1 Å². The van der Waals surface area contributed by atoms with Crippen LogP contribution in [0.5, 0.6) is 0 Å². The van der Waals surface area contributed by atoms with Crippen LogP contribution in [0.2, 0.25) is 0 Å². The van der Waals surface area contributed by atoms with E-state index in [4.69, 9.17) is 0 Å². The first kappa shape index (κ1) is 15.3. The van der Waals surface area contributed by atoms with Crippen molar-refractivity contribution >= 4 is 28.1 Å². The SMILES string of the molecule is O=C(Cc1ccccc1[N+](=O)[O-])Nc1ccc2c3c(cccc13)CC2. The van der Waals surface area contributed by atoms with E-state index in [1.165, 1.54) is 22.6 Å². The van der Waals surface area contributed by atoms with Crippen molar-refractivity contribution in [2.24, 2.45) is 0 Å². The number of benzene rings is 3. The number of nitrogens with one attached hydrogen (secondary N) is 1. The molecule has 124 valence electrons. The highest BCUT2D eigenvalue weighted by molar-refractivity contribution is 6.05. The molecule has 1 amide bonds. The molecule has 0 saturated heterocycles. The molecule has 0 heterocycles. The lowest BCUT2D eigenvalue weighted by Gasteiger charge is -2.11. The summed E-state index contributed by atoms with van der Waals surface area (Å²) in [7, 11) is 0. The predicted molar refractivity (Wildman–Crippen MR) is 96.8 cm³/mol. The highest BCUT2D eigenvalue weighted by Crippen LogP contribution is 2.35. The van der Waals surface area contributed by atoms with Gasteiger partial charge in [0, 0.05) is 22.7 Å². The lowest BCUT2D eigenvalue weighted by Crippen LogP contribution is -2.15. The molecule has 1 aliphatic carbocycles. The zero-order valence-electron chi connectivity index (χ0n) is 13.5. The van der Waals surface area contributed by atoms with Crippen molar-refractivity contribution < 1.29 is 9.72 Å². The third-order valence-electron chi connectivity index (χ3n) is 4.69. The fourth-order valence-electron chi connectivity index (χ4n) is 3.56. The number of anilines is 1. The van der Waals surface area contributed by atoms with E-state index in [9.17, 15) is 14.9 Å². The van der Waals surface area contributed by atoms with Gasteiger partial charge in [0.1, 0.15) is 0 Å². The van der Waals surface area contributed by atoms with Crippen LogP contribution >= 0.6 is 0 Å².